The van der Waals surface area contributed by atoms with Crippen LogP contribution in [0, 0.1) is 0 Å². The Morgan fingerprint density at radius 2 is 1.92 bits per heavy atom. The number of halogens is 3. The summed E-state index contributed by atoms with van der Waals surface area (Å²) in [5.74, 6) is 0. The molecule has 0 bridgehead atoms. The molecule has 3 aromatic carbocycles. The van der Waals surface area contributed by atoms with Gasteiger partial charge in [0.2, 0.25) is 0 Å². The molecule has 0 spiro atoms. The third-order valence-electron chi connectivity index (χ3n) is 3.72. The summed E-state index contributed by atoms with van der Waals surface area (Å²) in [5, 5.41) is 2.12. The molecule has 26 heavy (non-hydrogen) atoms. The maximum atomic E-state index is 13.0. The van der Waals surface area contributed by atoms with E-state index < -0.39 is 66.4 Å². The van der Waals surface area contributed by atoms with Gasteiger partial charge in [-0.25, -0.2) is 0 Å². The molecule has 3 aromatic rings. The summed E-state index contributed by atoms with van der Waals surface area (Å²) in [7, 11) is 0. The van der Waals surface area contributed by atoms with Crippen molar-refractivity contribution in [2.75, 3.05) is 6.54 Å². The standard InChI is InChI=1S/C22H22F3N/c1-16(20-13-5-10-18-9-2-3-12-21(18)20)26-14-6-8-17-7-4-11-19(15-17)22(23,24)25/h2-5,7,9-13,15-16,26H,6,8,14H2,1H3/t16-/m0/s1/i2D,3D,5D,8D2,9D,10D,12D,13D,16D. The van der Waals surface area contributed by atoms with Gasteiger partial charge in [0.15, 0.2) is 0 Å². The Hall–Kier alpha value is -2.33. The Labute approximate surface area is 165 Å². The van der Waals surface area contributed by atoms with E-state index in [2.05, 4.69) is 5.32 Å². The van der Waals surface area contributed by atoms with E-state index in [4.69, 9.17) is 13.7 Å². The van der Waals surface area contributed by atoms with E-state index in [1.807, 2.05) is 0 Å². The van der Waals surface area contributed by atoms with Gasteiger partial charge in [-0.15, -0.1) is 0 Å². The Morgan fingerprint density at radius 1 is 1.15 bits per heavy atom. The third kappa shape index (κ3) is 4.44. The number of benzene rings is 3. The first kappa shape index (κ1) is 9.56. The summed E-state index contributed by atoms with van der Waals surface area (Å²) in [6, 6.07) is -2.35. The van der Waals surface area contributed by atoms with Crippen molar-refractivity contribution in [2.24, 2.45) is 0 Å². The lowest BCUT2D eigenvalue weighted by atomic mass is 9.99. The average molecular weight is 367 g/mol. The summed E-state index contributed by atoms with van der Waals surface area (Å²) in [6.45, 7) is 0.996. The summed E-state index contributed by atoms with van der Waals surface area (Å²) in [4.78, 5) is 0. The molecule has 136 valence electrons. The number of hydrogen-bond donors (Lipinski definition) is 1. The van der Waals surface area contributed by atoms with Gasteiger partial charge < -0.3 is 5.32 Å². The second kappa shape index (κ2) is 7.92. The molecule has 0 saturated heterocycles. The second-order valence-electron chi connectivity index (χ2n) is 5.56. The van der Waals surface area contributed by atoms with Gasteiger partial charge in [-0.1, -0.05) is 60.5 Å². The molecule has 0 saturated carbocycles. The van der Waals surface area contributed by atoms with E-state index in [9.17, 15) is 13.2 Å². The van der Waals surface area contributed by atoms with Crippen LogP contribution < -0.4 is 5.32 Å². The third-order valence-corrected chi connectivity index (χ3v) is 3.72. The highest BCUT2D eigenvalue weighted by molar-refractivity contribution is 5.86. The Morgan fingerprint density at radius 3 is 2.73 bits per heavy atom. The number of rotatable bonds is 6. The van der Waals surface area contributed by atoms with E-state index >= 15 is 0 Å². The molecule has 0 fully saturated rings. The van der Waals surface area contributed by atoms with Crippen molar-refractivity contribution in [3.8, 4) is 0 Å². The van der Waals surface area contributed by atoms with Crippen LogP contribution in [-0.2, 0) is 12.5 Å². The molecule has 0 aliphatic rings. The van der Waals surface area contributed by atoms with Gasteiger partial charge in [0.05, 0.1) is 16.5 Å². The first-order chi connectivity index (χ1) is 16.4. The fourth-order valence-corrected chi connectivity index (χ4v) is 2.44. The van der Waals surface area contributed by atoms with E-state index in [1.54, 1.807) is 0 Å². The smallest absolute Gasteiger partial charge is 0.310 e. The van der Waals surface area contributed by atoms with Crippen molar-refractivity contribution in [3.63, 3.8) is 0 Å². The molecule has 1 nitrogen and oxygen atoms in total. The van der Waals surface area contributed by atoms with Crippen LogP contribution in [0.1, 0.15) is 49.8 Å². The summed E-state index contributed by atoms with van der Waals surface area (Å²) in [6.07, 6.45) is -7.23. The lowest BCUT2D eigenvalue weighted by Gasteiger charge is -2.17. The van der Waals surface area contributed by atoms with Crippen molar-refractivity contribution in [2.45, 2.75) is 31.9 Å². The van der Waals surface area contributed by atoms with Crippen molar-refractivity contribution in [3.05, 3.63) is 83.3 Å². The molecule has 1 atom stereocenters. The van der Waals surface area contributed by atoms with Crippen molar-refractivity contribution in [1.82, 2.24) is 5.32 Å². The average Bonchev–Trinajstić information content (AvgIpc) is 2.78. The Balaban J connectivity index is 2.00. The zero-order valence-electron chi connectivity index (χ0n) is 23.9. The number of alkyl halides is 3. The first-order valence-electron chi connectivity index (χ1n) is 12.8. The van der Waals surface area contributed by atoms with E-state index in [0.717, 1.165) is 12.1 Å². The Bertz CT molecular complexity index is 1330. The fourth-order valence-electron chi connectivity index (χ4n) is 2.44. The molecule has 0 radical (unpaired) electrons. The van der Waals surface area contributed by atoms with Crippen LogP contribution in [0.4, 0.5) is 13.2 Å². The molecular formula is C22H22F3N. The molecule has 1 N–H and O–H groups in total. The number of fused-ring (bicyclic) bond motifs is 1. The summed E-state index contributed by atoms with van der Waals surface area (Å²) >= 11 is 0. The highest BCUT2D eigenvalue weighted by Crippen LogP contribution is 2.29. The van der Waals surface area contributed by atoms with E-state index in [-0.39, 0.29) is 34.9 Å². The highest BCUT2D eigenvalue weighted by Gasteiger charge is 2.30. The minimum absolute atomic E-state index is 0.210. The number of nitrogens with one attached hydrogen (secondary N) is 1. The Kier molecular flexibility index (Phi) is 2.91. The van der Waals surface area contributed by atoms with Crippen LogP contribution in [0.2, 0.25) is 0 Å². The molecule has 3 rings (SSSR count). The molecule has 0 aromatic heterocycles. The van der Waals surface area contributed by atoms with Crippen LogP contribution in [0.25, 0.3) is 10.8 Å². The zero-order chi connectivity index (χ0) is 27.4. The van der Waals surface area contributed by atoms with Gasteiger partial charge >= 0.3 is 6.18 Å². The fraction of sp³-hybridized carbons (Fsp3) is 0.273. The van der Waals surface area contributed by atoms with Gasteiger partial charge in [-0.3, -0.25) is 0 Å². The maximum Gasteiger partial charge on any atom is 0.416 e. The van der Waals surface area contributed by atoms with Crippen LogP contribution in [-0.4, -0.2) is 6.54 Å². The molecule has 4 heteroatoms. The monoisotopic (exact) mass is 367 g/mol. The van der Waals surface area contributed by atoms with Crippen molar-refractivity contribution in [1.29, 1.82) is 0 Å². The van der Waals surface area contributed by atoms with Gasteiger partial charge in [0.25, 0.3) is 0 Å². The van der Waals surface area contributed by atoms with Gasteiger partial charge in [-0.2, -0.15) is 13.2 Å². The van der Waals surface area contributed by atoms with E-state index in [1.165, 1.54) is 13.0 Å². The topological polar surface area (TPSA) is 12.0 Å². The van der Waals surface area contributed by atoms with Gasteiger partial charge in [-0.05, 0) is 54.2 Å². The molecule has 0 heterocycles. The van der Waals surface area contributed by atoms with Crippen LogP contribution >= 0.6 is 0 Å². The molecule has 0 amide bonds. The SMILES string of the molecule is [2H]c1c([2H])c([2H])c2c([C@]([2H])(C)NCCC([2H])([2H])c3cccc(C(F)(F)F)c3)c([2H])c([2H])c([2H])c2c1[2H]. The summed E-state index contributed by atoms with van der Waals surface area (Å²) < 4.78 is 121. The maximum absolute atomic E-state index is 13.0. The lowest BCUT2D eigenvalue weighted by molar-refractivity contribution is -0.137. The van der Waals surface area contributed by atoms with Gasteiger partial charge in [0, 0.05) is 8.76 Å². The molecular weight excluding hydrogens is 335 g/mol. The predicted molar refractivity (Wildman–Crippen MR) is 100 cm³/mol. The van der Waals surface area contributed by atoms with Crippen molar-refractivity contribution < 1.29 is 26.9 Å². The van der Waals surface area contributed by atoms with E-state index in [0.29, 0.717) is 6.07 Å². The predicted octanol–water partition coefficient (Wildman–Crippen LogP) is 6.14. The minimum atomic E-state index is -4.64. The van der Waals surface area contributed by atoms with Gasteiger partial charge in [0.1, 0.15) is 0 Å². The van der Waals surface area contributed by atoms with Crippen LogP contribution in [0.5, 0.6) is 0 Å². The lowest BCUT2D eigenvalue weighted by Crippen LogP contribution is -2.20. The largest absolute Gasteiger partial charge is 0.416 e. The number of hydrogen-bond acceptors (Lipinski definition) is 1. The zero-order valence-corrected chi connectivity index (χ0v) is 13.9. The quantitative estimate of drug-likeness (QED) is 0.552. The number of aryl methyl sites for hydroxylation is 1. The minimum Gasteiger partial charge on any atom is -0.310 e. The second-order valence-corrected chi connectivity index (χ2v) is 5.56. The molecule has 0 unspecified atom stereocenters. The molecule has 0 aliphatic carbocycles. The molecule has 0 aliphatic heterocycles. The van der Waals surface area contributed by atoms with Crippen LogP contribution in [0.3, 0.4) is 0 Å². The normalized spacial score (nSPS) is 20.3. The summed E-state index contributed by atoms with van der Waals surface area (Å²) in [5.41, 5.74) is -1.50. The highest BCUT2D eigenvalue weighted by atomic mass is 19.4. The van der Waals surface area contributed by atoms with Crippen molar-refractivity contribution >= 4 is 10.8 Å². The van der Waals surface area contributed by atoms with Crippen LogP contribution in [0.15, 0.2) is 66.6 Å². The first-order valence-corrected chi connectivity index (χ1v) is 7.85.